The van der Waals surface area contributed by atoms with Crippen LogP contribution in [0.25, 0.3) is 0 Å². The molecule has 0 spiro atoms. The smallest absolute Gasteiger partial charge is 0.204 e. The van der Waals surface area contributed by atoms with Gasteiger partial charge in [-0.05, 0) is 24.3 Å². The van der Waals surface area contributed by atoms with E-state index in [0.29, 0.717) is 22.8 Å². The van der Waals surface area contributed by atoms with Crippen LogP contribution in [-0.4, -0.2) is 25.5 Å². The number of aromatic nitrogens is 1. The lowest BCUT2D eigenvalue weighted by molar-refractivity contribution is 0.111. The van der Waals surface area contributed by atoms with Crippen LogP contribution in [0.3, 0.4) is 0 Å². The Hall–Kier alpha value is -2.56. The Morgan fingerprint density at radius 1 is 1.10 bits per heavy atom. The second kappa shape index (κ2) is 6.56. The highest BCUT2D eigenvalue weighted by molar-refractivity contribution is 5.82. The maximum atomic E-state index is 11.1. The number of carbonyl (C=O) groups excluding carboxylic acids is 1. The van der Waals surface area contributed by atoms with E-state index in [1.54, 1.807) is 18.3 Å². The van der Waals surface area contributed by atoms with Crippen LogP contribution in [0.2, 0.25) is 0 Å². The van der Waals surface area contributed by atoms with Gasteiger partial charge in [-0.15, -0.1) is 0 Å². The van der Waals surface area contributed by atoms with Crippen LogP contribution in [0.4, 0.5) is 0 Å². The molecular formula is C15H15NO4. The molecule has 0 aliphatic heterocycles. The van der Waals surface area contributed by atoms with Gasteiger partial charge in [-0.1, -0.05) is 6.07 Å². The van der Waals surface area contributed by atoms with E-state index in [1.165, 1.54) is 14.2 Å². The van der Waals surface area contributed by atoms with E-state index in [9.17, 15) is 4.79 Å². The Labute approximate surface area is 117 Å². The molecule has 2 aromatic rings. The van der Waals surface area contributed by atoms with Gasteiger partial charge in [0, 0.05) is 6.20 Å². The van der Waals surface area contributed by atoms with Crippen molar-refractivity contribution < 1.29 is 19.0 Å². The molecule has 0 aliphatic rings. The van der Waals surface area contributed by atoms with Crippen molar-refractivity contribution in [3.63, 3.8) is 0 Å². The van der Waals surface area contributed by atoms with Gasteiger partial charge in [0.2, 0.25) is 5.75 Å². The minimum absolute atomic E-state index is 0.241. The van der Waals surface area contributed by atoms with Gasteiger partial charge in [0.25, 0.3) is 0 Å². The van der Waals surface area contributed by atoms with Crippen molar-refractivity contribution in [2.45, 2.75) is 6.61 Å². The van der Waals surface area contributed by atoms with Crippen molar-refractivity contribution in [1.82, 2.24) is 4.98 Å². The van der Waals surface area contributed by atoms with Crippen molar-refractivity contribution in [2.24, 2.45) is 0 Å². The molecule has 0 fully saturated rings. The van der Waals surface area contributed by atoms with Gasteiger partial charge in [-0.2, -0.15) is 0 Å². The number of methoxy groups -OCH3 is 2. The first-order valence-electron chi connectivity index (χ1n) is 6.03. The number of carbonyl (C=O) groups is 1. The van der Waals surface area contributed by atoms with Gasteiger partial charge in [0.15, 0.2) is 17.8 Å². The molecule has 0 atom stereocenters. The minimum atomic E-state index is 0.241. The topological polar surface area (TPSA) is 57.7 Å². The first-order valence-corrected chi connectivity index (χ1v) is 6.03. The van der Waals surface area contributed by atoms with Crippen molar-refractivity contribution in [3.8, 4) is 17.2 Å². The maximum absolute atomic E-state index is 11.1. The van der Waals surface area contributed by atoms with Crippen LogP contribution in [0.15, 0.2) is 36.5 Å². The molecule has 20 heavy (non-hydrogen) atoms. The van der Waals surface area contributed by atoms with Gasteiger partial charge >= 0.3 is 0 Å². The normalized spacial score (nSPS) is 9.90. The molecule has 5 heteroatoms. The van der Waals surface area contributed by atoms with E-state index < -0.39 is 0 Å². The van der Waals surface area contributed by atoms with Gasteiger partial charge in [0.05, 0.1) is 25.5 Å². The van der Waals surface area contributed by atoms with Crippen molar-refractivity contribution in [2.75, 3.05) is 14.2 Å². The van der Waals surface area contributed by atoms with Gasteiger partial charge < -0.3 is 14.2 Å². The van der Waals surface area contributed by atoms with E-state index in [4.69, 9.17) is 14.2 Å². The number of nitrogens with zero attached hydrogens (tertiary/aromatic N) is 1. The second-order valence-electron chi connectivity index (χ2n) is 3.95. The molecule has 0 aliphatic carbocycles. The summed E-state index contributed by atoms with van der Waals surface area (Å²) in [6.07, 6.45) is 2.40. The average molecular weight is 273 g/mol. The standard InChI is InChI=1S/C15H15NO4/c1-18-13-7-6-11(9-17)14(15(13)19-2)20-10-12-5-3-4-8-16-12/h3-9H,10H2,1-2H3. The Kier molecular flexibility index (Phi) is 4.55. The van der Waals surface area contributed by atoms with Crippen LogP contribution < -0.4 is 14.2 Å². The summed E-state index contributed by atoms with van der Waals surface area (Å²) >= 11 is 0. The number of rotatable bonds is 6. The third-order valence-corrected chi connectivity index (χ3v) is 2.75. The Balaban J connectivity index is 2.31. The summed E-state index contributed by atoms with van der Waals surface area (Å²) in [5, 5.41) is 0. The summed E-state index contributed by atoms with van der Waals surface area (Å²) in [7, 11) is 3.03. The van der Waals surface area contributed by atoms with Crippen LogP contribution >= 0.6 is 0 Å². The molecule has 0 amide bonds. The van der Waals surface area contributed by atoms with E-state index in [1.807, 2.05) is 18.2 Å². The molecule has 1 heterocycles. The molecule has 0 N–H and O–H groups in total. The lowest BCUT2D eigenvalue weighted by Gasteiger charge is -2.15. The Morgan fingerprint density at radius 2 is 1.95 bits per heavy atom. The third-order valence-electron chi connectivity index (χ3n) is 2.75. The molecule has 104 valence electrons. The summed E-state index contributed by atoms with van der Waals surface area (Å²) in [4.78, 5) is 15.3. The van der Waals surface area contributed by atoms with Gasteiger partial charge in [-0.3, -0.25) is 9.78 Å². The zero-order chi connectivity index (χ0) is 14.4. The molecule has 0 unspecified atom stereocenters. The van der Waals surface area contributed by atoms with Crippen LogP contribution in [0.1, 0.15) is 16.1 Å². The summed E-state index contributed by atoms with van der Waals surface area (Å²) < 4.78 is 16.1. The second-order valence-corrected chi connectivity index (χ2v) is 3.95. The van der Waals surface area contributed by atoms with Gasteiger partial charge in [-0.25, -0.2) is 0 Å². The first-order chi connectivity index (χ1) is 9.80. The molecule has 0 bridgehead atoms. The highest BCUT2D eigenvalue weighted by atomic mass is 16.5. The molecule has 0 saturated heterocycles. The average Bonchev–Trinajstić information content (AvgIpc) is 2.52. The molecule has 5 nitrogen and oxygen atoms in total. The summed E-state index contributed by atoms with van der Waals surface area (Å²) in [6, 6.07) is 8.83. The van der Waals surface area contributed by atoms with E-state index >= 15 is 0 Å². The number of hydrogen-bond acceptors (Lipinski definition) is 5. The molecule has 1 aromatic carbocycles. The summed E-state index contributed by atoms with van der Waals surface area (Å²) in [6.45, 7) is 0.241. The number of pyridine rings is 1. The van der Waals surface area contributed by atoms with E-state index in [2.05, 4.69) is 4.98 Å². The highest BCUT2D eigenvalue weighted by Gasteiger charge is 2.16. The molecule has 2 rings (SSSR count). The van der Waals surface area contributed by atoms with Crippen LogP contribution in [0, 0.1) is 0 Å². The van der Waals surface area contributed by atoms with Crippen molar-refractivity contribution in [1.29, 1.82) is 0 Å². The Morgan fingerprint density at radius 3 is 2.55 bits per heavy atom. The first kappa shape index (κ1) is 13.9. The lowest BCUT2D eigenvalue weighted by Crippen LogP contribution is -2.03. The third kappa shape index (κ3) is 2.88. The highest BCUT2D eigenvalue weighted by Crippen LogP contribution is 2.39. The number of aldehydes is 1. The minimum Gasteiger partial charge on any atom is -0.493 e. The zero-order valence-electron chi connectivity index (χ0n) is 11.3. The predicted molar refractivity (Wildman–Crippen MR) is 73.5 cm³/mol. The van der Waals surface area contributed by atoms with E-state index in [-0.39, 0.29) is 6.61 Å². The quantitative estimate of drug-likeness (QED) is 0.757. The maximum Gasteiger partial charge on any atom is 0.204 e. The number of benzene rings is 1. The summed E-state index contributed by atoms with van der Waals surface area (Å²) in [5.41, 5.74) is 1.16. The van der Waals surface area contributed by atoms with E-state index in [0.717, 1.165) is 12.0 Å². The lowest BCUT2D eigenvalue weighted by atomic mass is 10.2. The fourth-order valence-corrected chi connectivity index (χ4v) is 1.79. The zero-order valence-corrected chi connectivity index (χ0v) is 11.3. The predicted octanol–water partition coefficient (Wildman–Crippen LogP) is 2.49. The largest absolute Gasteiger partial charge is 0.493 e. The van der Waals surface area contributed by atoms with Crippen LogP contribution in [-0.2, 0) is 6.61 Å². The molecule has 1 aromatic heterocycles. The van der Waals surface area contributed by atoms with Crippen molar-refractivity contribution >= 4 is 6.29 Å². The fourth-order valence-electron chi connectivity index (χ4n) is 1.79. The SMILES string of the molecule is COc1ccc(C=O)c(OCc2ccccn2)c1OC. The Bertz CT molecular complexity index is 584. The monoisotopic (exact) mass is 273 g/mol. The number of hydrogen-bond donors (Lipinski definition) is 0. The molecule has 0 saturated carbocycles. The van der Waals surface area contributed by atoms with Crippen LogP contribution in [0.5, 0.6) is 17.2 Å². The summed E-state index contributed by atoms with van der Waals surface area (Å²) in [5.74, 6) is 1.26. The number of ether oxygens (including phenoxy) is 3. The molecular weight excluding hydrogens is 258 g/mol. The molecule has 0 radical (unpaired) electrons. The van der Waals surface area contributed by atoms with Gasteiger partial charge in [0.1, 0.15) is 6.61 Å². The van der Waals surface area contributed by atoms with Crippen molar-refractivity contribution in [3.05, 3.63) is 47.8 Å². The fraction of sp³-hybridized carbons (Fsp3) is 0.200.